The van der Waals surface area contributed by atoms with Gasteiger partial charge >= 0.3 is 0 Å². The van der Waals surface area contributed by atoms with E-state index < -0.39 is 0 Å². The van der Waals surface area contributed by atoms with E-state index >= 15 is 0 Å². The predicted molar refractivity (Wildman–Crippen MR) is 78.8 cm³/mol. The molecular weight excluding hydrogens is 286 g/mol. The zero-order chi connectivity index (χ0) is 14.1. The number of fused-ring (bicyclic) bond motifs is 1. The summed E-state index contributed by atoms with van der Waals surface area (Å²) in [6.45, 7) is 1.58. The van der Waals surface area contributed by atoms with Gasteiger partial charge in [0.05, 0.1) is 17.1 Å². The number of nitrogens with one attached hydrogen (secondary N) is 1. The molecule has 7 heteroatoms. The van der Waals surface area contributed by atoms with Gasteiger partial charge in [0.1, 0.15) is 12.2 Å². The Kier molecular flexibility index (Phi) is 3.28. The zero-order valence-corrected chi connectivity index (χ0v) is 12.2. The van der Waals surface area contributed by atoms with Gasteiger partial charge in [-0.2, -0.15) is 5.10 Å². The van der Waals surface area contributed by atoms with Crippen molar-refractivity contribution in [2.45, 2.75) is 32.0 Å². The Morgan fingerprint density at radius 3 is 3.38 bits per heavy atom. The van der Waals surface area contributed by atoms with Gasteiger partial charge in [-0.15, -0.1) is 11.3 Å². The van der Waals surface area contributed by atoms with E-state index in [9.17, 15) is 0 Å². The second-order valence-electron chi connectivity index (χ2n) is 5.13. The topological polar surface area (TPSA) is 68.8 Å². The minimum absolute atomic E-state index is 0.404. The molecule has 0 bridgehead atoms. The number of nitrogens with zero attached hydrogens (tertiary/aromatic N) is 4. The van der Waals surface area contributed by atoms with E-state index in [0.717, 1.165) is 41.5 Å². The van der Waals surface area contributed by atoms with Crippen LogP contribution < -0.4 is 5.32 Å². The minimum atomic E-state index is 0.404. The summed E-state index contributed by atoms with van der Waals surface area (Å²) in [5.74, 6) is 1.92. The van der Waals surface area contributed by atoms with Crippen molar-refractivity contribution in [1.82, 2.24) is 25.2 Å². The van der Waals surface area contributed by atoms with E-state index in [1.165, 1.54) is 0 Å². The van der Waals surface area contributed by atoms with Gasteiger partial charge in [0.2, 0.25) is 0 Å². The molecule has 0 aromatic carbocycles. The van der Waals surface area contributed by atoms with E-state index in [2.05, 4.69) is 20.6 Å². The molecule has 1 aliphatic rings. The molecule has 0 fully saturated rings. The molecule has 6 nitrogen and oxygen atoms in total. The first-order valence-corrected chi connectivity index (χ1v) is 7.86. The molecule has 4 heterocycles. The van der Waals surface area contributed by atoms with Gasteiger partial charge in [0, 0.05) is 25.1 Å². The van der Waals surface area contributed by atoms with E-state index in [-0.39, 0.29) is 0 Å². The molecule has 3 aromatic rings. The lowest BCUT2D eigenvalue weighted by Crippen LogP contribution is -2.37. The Labute approximate surface area is 125 Å². The van der Waals surface area contributed by atoms with Crippen LogP contribution in [-0.2, 0) is 19.5 Å². The maximum absolute atomic E-state index is 5.39. The maximum atomic E-state index is 5.39. The second kappa shape index (κ2) is 5.42. The third kappa shape index (κ3) is 2.62. The molecule has 0 radical (unpaired) electrons. The van der Waals surface area contributed by atoms with Crippen LogP contribution in [0.3, 0.4) is 0 Å². The van der Waals surface area contributed by atoms with E-state index in [4.69, 9.17) is 4.52 Å². The van der Waals surface area contributed by atoms with E-state index in [1.807, 2.05) is 28.3 Å². The predicted octanol–water partition coefficient (Wildman–Crippen LogP) is 2.10. The Hall–Kier alpha value is -1.99. The molecule has 0 saturated heterocycles. The summed E-state index contributed by atoms with van der Waals surface area (Å²) in [5, 5.41) is 13.9. The van der Waals surface area contributed by atoms with Gasteiger partial charge in [-0.05, 0) is 17.9 Å². The molecule has 0 aliphatic carbocycles. The highest BCUT2D eigenvalue weighted by atomic mass is 32.1. The lowest BCUT2D eigenvalue weighted by atomic mass is 10.1. The Morgan fingerprint density at radius 2 is 2.48 bits per heavy atom. The second-order valence-corrected chi connectivity index (χ2v) is 6.08. The molecule has 108 valence electrons. The first kappa shape index (κ1) is 12.7. The summed E-state index contributed by atoms with van der Waals surface area (Å²) >= 11 is 1.66. The molecule has 0 saturated carbocycles. The molecule has 0 spiro atoms. The molecule has 0 unspecified atom stereocenters. The summed E-state index contributed by atoms with van der Waals surface area (Å²) in [6.07, 6.45) is 3.67. The standard InChI is InChI=1S/C14H15N5OS/c1-2-13(21-5-1)12-6-11(18-20-12)7-15-10-3-4-14-16-9-17-19(14)8-10/h1-2,5-6,9-10,15H,3-4,7-8H2/t10-/m1/s1. The van der Waals surface area contributed by atoms with Crippen molar-refractivity contribution in [2.24, 2.45) is 0 Å². The van der Waals surface area contributed by atoms with Crippen molar-refractivity contribution in [3.8, 4) is 10.6 Å². The van der Waals surface area contributed by atoms with Crippen LogP contribution in [0, 0.1) is 0 Å². The number of rotatable bonds is 4. The summed E-state index contributed by atoms with van der Waals surface area (Å²) in [7, 11) is 0. The van der Waals surface area contributed by atoms with E-state index in [0.29, 0.717) is 12.6 Å². The lowest BCUT2D eigenvalue weighted by molar-refractivity contribution is 0.351. The number of thiophene rings is 1. The Balaban J connectivity index is 1.37. The highest BCUT2D eigenvalue weighted by Crippen LogP contribution is 2.25. The number of aryl methyl sites for hydroxylation is 1. The van der Waals surface area contributed by atoms with Crippen LogP contribution in [0.5, 0.6) is 0 Å². The number of hydrogen-bond donors (Lipinski definition) is 1. The summed E-state index contributed by atoms with van der Waals surface area (Å²) in [4.78, 5) is 5.35. The average molecular weight is 301 g/mol. The largest absolute Gasteiger partial charge is 0.355 e. The minimum Gasteiger partial charge on any atom is -0.355 e. The van der Waals surface area contributed by atoms with Crippen LogP contribution in [0.4, 0.5) is 0 Å². The molecule has 1 aliphatic heterocycles. The van der Waals surface area contributed by atoms with Gasteiger partial charge in [-0.25, -0.2) is 9.67 Å². The van der Waals surface area contributed by atoms with Crippen LogP contribution in [0.2, 0.25) is 0 Å². The summed E-state index contributed by atoms with van der Waals surface area (Å²) in [6, 6.07) is 6.46. The smallest absolute Gasteiger partial charge is 0.177 e. The number of aromatic nitrogens is 4. The lowest BCUT2D eigenvalue weighted by Gasteiger charge is -2.23. The Bertz CT molecular complexity index is 717. The highest BCUT2D eigenvalue weighted by Gasteiger charge is 2.19. The quantitative estimate of drug-likeness (QED) is 0.799. The zero-order valence-electron chi connectivity index (χ0n) is 11.4. The molecule has 21 heavy (non-hydrogen) atoms. The molecule has 3 aromatic heterocycles. The fourth-order valence-electron chi connectivity index (χ4n) is 2.58. The molecular formula is C14H15N5OS. The third-order valence-electron chi connectivity index (χ3n) is 3.70. The fraction of sp³-hybridized carbons (Fsp3) is 0.357. The van der Waals surface area contributed by atoms with E-state index in [1.54, 1.807) is 17.7 Å². The van der Waals surface area contributed by atoms with Gasteiger partial charge < -0.3 is 9.84 Å². The van der Waals surface area contributed by atoms with Crippen molar-refractivity contribution >= 4 is 11.3 Å². The SMILES string of the molecule is c1csc(-c2cc(CN[C@@H]3CCc4ncnn4C3)no2)c1. The molecule has 1 N–H and O–H groups in total. The van der Waals surface area contributed by atoms with Crippen LogP contribution in [0.25, 0.3) is 10.6 Å². The Morgan fingerprint density at radius 1 is 1.48 bits per heavy atom. The first-order valence-electron chi connectivity index (χ1n) is 6.98. The third-order valence-corrected chi connectivity index (χ3v) is 4.58. The van der Waals surface area contributed by atoms with Gasteiger partial charge in [0.25, 0.3) is 0 Å². The summed E-state index contributed by atoms with van der Waals surface area (Å²) in [5.41, 5.74) is 0.933. The average Bonchev–Trinajstić information content (AvgIpc) is 3.24. The number of hydrogen-bond acceptors (Lipinski definition) is 6. The first-order chi connectivity index (χ1) is 10.4. The fourth-order valence-corrected chi connectivity index (χ4v) is 3.26. The highest BCUT2D eigenvalue weighted by molar-refractivity contribution is 7.13. The maximum Gasteiger partial charge on any atom is 0.177 e. The normalized spacial score (nSPS) is 17.8. The van der Waals surface area contributed by atoms with Crippen molar-refractivity contribution in [3.63, 3.8) is 0 Å². The van der Waals surface area contributed by atoms with Crippen molar-refractivity contribution in [1.29, 1.82) is 0 Å². The molecule has 1 atom stereocenters. The summed E-state index contributed by atoms with van der Waals surface area (Å²) < 4.78 is 7.36. The molecule has 4 rings (SSSR count). The monoisotopic (exact) mass is 301 g/mol. The van der Waals surface area contributed by atoms with Gasteiger partial charge in [-0.1, -0.05) is 11.2 Å². The molecule has 0 amide bonds. The van der Waals surface area contributed by atoms with Crippen LogP contribution in [0.1, 0.15) is 17.9 Å². The van der Waals surface area contributed by atoms with Crippen LogP contribution >= 0.6 is 11.3 Å². The van der Waals surface area contributed by atoms with Crippen molar-refractivity contribution < 1.29 is 4.52 Å². The van der Waals surface area contributed by atoms with Gasteiger partial charge in [0.15, 0.2) is 5.76 Å². The van der Waals surface area contributed by atoms with Crippen LogP contribution in [-0.4, -0.2) is 26.0 Å². The van der Waals surface area contributed by atoms with Gasteiger partial charge in [-0.3, -0.25) is 0 Å². The van der Waals surface area contributed by atoms with Crippen molar-refractivity contribution in [2.75, 3.05) is 0 Å². The van der Waals surface area contributed by atoms with Crippen molar-refractivity contribution in [3.05, 3.63) is 41.4 Å². The van der Waals surface area contributed by atoms with Crippen LogP contribution in [0.15, 0.2) is 34.4 Å².